The Morgan fingerprint density at radius 2 is 2.14 bits per heavy atom. The van der Waals surface area contributed by atoms with Crippen molar-refractivity contribution in [2.24, 2.45) is 0 Å². The van der Waals surface area contributed by atoms with E-state index in [1.165, 1.54) is 10.4 Å². The number of nitrogens with zero attached hydrogens (tertiary/aromatic N) is 2. The Morgan fingerprint density at radius 3 is 2.86 bits per heavy atom. The van der Waals surface area contributed by atoms with Crippen LogP contribution >= 0.6 is 11.3 Å². The molecule has 1 aromatic heterocycles. The molecule has 0 radical (unpaired) electrons. The van der Waals surface area contributed by atoms with E-state index in [4.69, 9.17) is 5.26 Å². The van der Waals surface area contributed by atoms with Crippen LogP contribution in [-0.4, -0.2) is 17.4 Å². The second-order valence-electron chi connectivity index (χ2n) is 5.32. The Balaban J connectivity index is 1.72. The van der Waals surface area contributed by atoms with Gasteiger partial charge in [-0.25, -0.2) is 0 Å². The fourth-order valence-electron chi connectivity index (χ4n) is 2.74. The quantitative estimate of drug-likeness (QED) is 0.793. The number of carbonyl (C=O) groups is 1. The molecule has 3 rings (SSSR count). The Labute approximate surface area is 134 Å². The normalized spacial score (nSPS) is 17.3. The highest BCUT2D eigenvalue weighted by Crippen LogP contribution is 2.32. The van der Waals surface area contributed by atoms with Crippen molar-refractivity contribution in [1.29, 1.82) is 5.26 Å². The fourth-order valence-corrected chi connectivity index (χ4v) is 3.71. The summed E-state index contributed by atoms with van der Waals surface area (Å²) in [6.07, 6.45) is 4.36. The van der Waals surface area contributed by atoms with Gasteiger partial charge < -0.3 is 4.90 Å². The number of hydrogen-bond acceptors (Lipinski definition) is 3. The average molecular weight is 308 g/mol. The number of rotatable bonds is 2. The predicted molar refractivity (Wildman–Crippen MR) is 88.3 cm³/mol. The van der Waals surface area contributed by atoms with Gasteiger partial charge >= 0.3 is 0 Å². The van der Waals surface area contributed by atoms with E-state index >= 15 is 0 Å². The summed E-state index contributed by atoms with van der Waals surface area (Å²) in [6, 6.07) is 11.5. The number of benzene rings is 1. The Bertz CT molecular complexity index is 752. The molecule has 1 aliphatic heterocycles. The molecular weight excluding hydrogens is 292 g/mol. The first kappa shape index (κ1) is 14.6. The van der Waals surface area contributed by atoms with Gasteiger partial charge in [-0.1, -0.05) is 12.1 Å². The van der Waals surface area contributed by atoms with E-state index < -0.39 is 0 Å². The number of thiophene rings is 1. The summed E-state index contributed by atoms with van der Waals surface area (Å²) in [5.74, 6) is 0.0358. The Morgan fingerprint density at radius 1 is 1.36 bits per heavy atom. The number of fused-ring (bicyclic) bond motifs is 1. The summed E-state index contributed by atoms with van der Waals surface area (Å²) in [6.45, 7) is 2.85. The van der Waals surface area contributed by atoms with Gasteiger partial charge in [-0.2, -0.15) is 5.26 Å². The van der Waals surface area contributed by atoms with Crippen molar-refractivity contribution in [3.05, 3.63) is 63.4 Å². The SMILES string of the molecule is CC1c2ccsc2CCN1C(=O)/C=C/c1ccc(C#N)cc1. The minimum absolute atomic E-state index is 0.0358. The molecule has 0 bridgehead atoms. The van der Waals surface area contributed by atoms with Gasteiger partial charge in [0.25, 0.3) is 0 Å². The van der Waals surface area contributed by atoms with Gasteiger partial charge in [0.15, 0.2) is 0 Å². The van der Waals surface area contributed by atoms with Crippen molar-refractivity contribution >= 4 is 23.3 Å². The van der Waals surface area contributed by atoms with E-state index in [0.29, 0.717) is 5.56 Å². The molecule has 0 aliphatic carbocycles. The van der Waals surface area contributed by atoms with Crippen molar-refractivity contribution in [3.63, 3.8) is 0 Å². The van der Waals surface area contributed by atoms with Crippen molar-refractivity contribution < 1.29 is 4.79 Å². The molecule has 1 unspecified atom stereocenters. The summed E-state index contributed by atoms with van der Waals surface area (Å²) in [7, 11) is 0. The molecule has 110 valence electrons. The van der Waals surface area contributed by atoms with Crippen LogP contribution < -0.4 is 0 Å². The summed E-state index contributed by atoms with van der Waals surface area (Å²) < 4.78 is 0. The molecule has 3 nitrogen and oxygen atoms in total. The highest BCUT2D eigenvalue weighted by molar-refractivity contribution is 7.10. The predicted octanol–water partition coefficient (Wildman–Crippen LogP) is 3.78. The molecule has 1 aliphatic rings. The number of amides is 1. The highest BCUT2D eigenvalue weighted by atomic mass is 32.1. The lowest BCUT2D eigenvalue weighted by molar-refractivity contribution is -0.128. The lowest BCUT2D eigenvalue weighted by atomic mass is 10.0. The molecule has 2 heterocycles. The van der Waals surface area contributed by atoms with Gasteiger partial charge in [0.1, 0.15) is 0 Å². The van der Waals surface area contributed by atoms with E-state index in [1.807, 2.05) is 17.0 Å². The third kappa shape index (κ3) is 2.81. The molecular formula is C18H16N2OS. The zero-order valence-electron chi connectivity index (χ0n) is 12.3. The molecule has 1 atom stereocenters. The number of nitriles is 1. The Hall–Kier alpha value is -2.38. The molecule has 0 saturated carbocycles. The maximum absolute atomic E-state index is 12.4. The van der Waals surface area contributed by atoms with Crippen molar-refractivity contribution in [2.45, 2.75) is 19.4 Å². The maximum Gasteiger partial charge on any atom is 0.247 e. The van der Waals surface area contributed by atoms with Crippen LogP contribution in [0.3, 0.4) is 0 Å². The average Bonchev–Trinajstić information content (AvgIpc) is 3.03. The van der Waals surface area contributed by atoms with E-state index in [-0.39, 0.29) is 11.9 Å². The van der Waals surface area contributed by atoms with Gasteiger partial charge in [-0.05, 0) is 54.1 Å². The zero-order valence-corrected chi connectivity index (χ0v) is 13.1. The standard InChI is InChI=1S/C18H16N2OS/c1-13-16-9-11-22-17(16)8-10-20(13)18(21)7-6-14-2-4-15(12-19)5-3-14/h2-7,9,11,13H,8,10H2,1H3/b7-6+. The van der Waals surface area contributed by atoms with Crippen LogP contribution in [0.25, 0.3) is 6.08 Å². The number of carbonyl (C=O) groups excluding carboxylic acids is 1. The topological polar surface area (TPSA) is 44.1 Å². The zero-order chi connectivity index (χ0) is 15.5. The molecule has 0 N–H and O–H groups in total. The first-order valence-electron chi connectivity index (χ1n) is 7.24. The maximum atomic E-state index is 12.4. The van der Waals surface area contributed by atoms with E-state index in [0.717, 1.165) is 18.5 Å². The van der Waals surface area contributed by atoms with Crippen molar-refractivity contribution in [1.82, 2.24) is 4.90 Å². The van der Waals surface area contributed by atoms with Crippen molar-refractivity contribution in [3.8, 4) is 6.07 Å². The fraction of sp³-hybridized carbons (Fsp3) is 0.222. The van der Waals surface area contributed by atoms with Crippen LogP contribution in [0.1, 0.15) is 34.5 Å². The molecule has 1 aromatic carbocycles. The van der Waals surface area contributed by atoms with Gasteiger partial charge in [0, 0.05) is 17.5 Å². The second kappa shape index (κ2) is 6.17. The van der Waals surface area contributed by atoms with Crippen LogP contribution in [0.5, 0.6) is 0 Å². The van der Waals surface area contributed by atoms with E-state index in [2.05, 4.69) is 24.4 Å². The Kier molecular flexibility index (Phi) is 4.08. The number of hydrogen-bond donors (Lipinski definition) is 0. The molecule has 4 heteroatoms. The molecule has 0 spiro atoms. The van der Waals surface area contributed by atoms with E-state index in [9.17, 15) is 4.79 Å². The van der Waals surface area contributed by atoms with Crippen LogP contribution in [0.2, 0.25) is 0 Å². The summed E-state index contributed by atoms with van der Waals surface area (Å²) in [5, 5.41) is 10.9. The first-order chi connectivity index (χ1) is 10.7. The highest BCUT2D eigenvalue weighted by Gasteiger charge is 2.26. The lowest BCUT2D eigenvalue weighted by Gasteiger charge is -2.32. The molecule has 0 saturated heterocycles. The summed E-state index contributed by atoms with van der Waals surface area (Å²) >= 11 is 1.77. The monoisotopic (exact) mass is 308 g/mol. The third-order valence-corrected chi connectivity index (χ3v) is 5.01. The van der Waals surface area contributed by atoms with Crippen LogP contribution in [-0.2, 0) is 11.2 Å². The first-order valence-corrected chi connectivity index (χ1v) is 8.12. The largest absolute Gasteiger partial charge is 0.332 e. The smallest absolute Gasteiger partial charge is 0.247 e. The molecule has 1 amide bonds. The van der Waals surface area contributed by atoms with Gasteiger partial charge in [0.2, 0.25) is 5.91 Å². The lowest BCUT2D eigenvalue weighted by Crippen LogP contribution is -2.37. The molecule has 0 fully saturated rings. The minimum atomic E-state index is 0.0358. The van der Waals surface area contributed by atoms with E-state index in [1.54, 1.807) is 35.6 Å². The summed E-state index contributed by atoms with van der Waals surface area (Å²) in [5.41, 5.74) is 2.82. The van der Waals surface area contributed by atoms with Crippen molar-refractivity contribution in [2.75, 3.05) is 6.54 Å². The van der Waals surface area contributed by atoms with Gasteiger partial charge in [0.05, 0.1) is 17.7 Å². The van der Waals surface area contributed by atoms with Crippen LogP contribution in [0.4, 0.5) is 0 Å². The van der Waals surface area contributed by atoms with Crippen LogP contribution in [0.15, 0.2) is 41.8 Å². The van der Waals surface area contributed by atoms with Gasteiger partial charge in [-0.3, -0.25) is 4.79 Å². The van der Waals surface area contributed by atoms with Crippen LogP contribution in [0, 0.1) is 11.3 Å². The third-order valence-electron chi connectivity index (χ3n) is 4.02. The molecule has 2 aromatic rings. The molecule has 22 heavy (non-hydrogen) atoms. The second-order valence-corrected chi connectivity index (χ2v) is 6.32. The minimum Gasteiger partial charge on any atom is -0.332 e. The van der Waals surface area contributed by atoms with Gasteiger partial charge in [-0.15, -0.1) is 11.3 Å². The summed E-state index contributed by atoms with van der Waals surface area (Å²) in [4.78, 5) is 15.7.